The van der Waals surface area contributed by atoms with Gasteiger partial charge in [0, 0.05) is 34.8 Å². The van der Waals surface area contributed by atoms with Crippen molar-refractivity contribution in [3.8, 4) is 5.40 Å². The van der Waals surface area contributed by atoms with Crippen LogP contribution in [0.5, 0.6) is 0 Å². The molecule has 132 valence electrons. The number of thiocyanates is 1. The minimum atomic E-state index is 0.177. The molecule has 0 aliphatic heterocycles. The van der Waals surface area contributed by atoms with E-state index in [1.807, 2.05) is 60.7 Å². The van der Waals surface area contributed by atoms with Crippen LogP contribution < -0.4 is 0 Å². The number of nitriles is 1. The van der Waals surface area contributed by atoms with E-state index in [4.69, 9.17) is 28.5 Å². The van der Waals surface area contributed by atoms with Crippen LogP contribution in [0.2, 0.25) is 10.0 Å². The lowest BCUT2D eigenvalue weighted by atomic mass is 10.1. The van der Waals surface area contributed by atoms with E-state index in [1.54, 1.807) is 6.20 Å². The van der Waals surface area contributed by atoms with Gasteiger partial charge in [0.15, 0.2) is 0 Å². The zero-order chi connectivity index (χ0) is 18.4. The molecule has 7 heteroatoms. The van der Waals surface area contributed by atoms with E-state index in [0.717, 1.165) is 28.3 Å². The first-order valence-corrected chi connectivity index (χ1v) is 10.5. The van der Waals surface area contributed by atoms with Crippen molar-refractivity contribution in [2.24, 2.45) is 0 Å². The molecule has 0 saturated carbocycles. The molecule has 2 aromatic carbocycles. The molecular weight excluding hydrogens is 405 g/mol. The van der Waals surface area contributed by atoms with Gasteiger partial charge in [0.25, 0.3) is 0 Å². The van der Waals surface area contributed by atoms with Crippen LogP contribution in [0.3, 0.4) is 0 Å². The van der Waals surface area contributed by atoms with Crippen LogP contribution in [0.25, 0.3) is 0 Å². The van der Waals surface area contributed by atoms with Gasteiger partial charge in [0.1, 0.15) is 5.40 Å². The van der Waals surface area contributed by atoms with Crippen molar-refractivity contribution in [3.05, 3.63) is 82.4 Å². The highest BCUT2D eigenvalue weighted by Gasteiger charge is 2.17. The molecule has 26 heavy (non-hydrogen) atoms. The predicted octanol–water partition coefficient (Wildman–Crippen LogP) is 6.44. The molecule has 0 N–H and O–H groups in total. The molecule has 0 saturated heterocycles. The Kier molecular flexibility index (Phi) is 6.93. The standard InChI is InChI=1S/C19H15Cl2N3S2/c20-16-6-5-14(9-17(16)21)11-25-19(10-24-8-7-23-13-24)15-3-1-2-4-18(15)26-12-22/h1-9,13,19H,10-11H2. The Morgan fingerprint density at radius 2 is 2.00 bits per heavy atom. The molecule has 1 unspecified atom stereocenters. The fourth-order valence-corrected chi connectivity index (χ4v) is 4.75. The smallest absolute Gasteiger partial charge is 0.138 e. The van der Waals surface area contributed by atoms with Crippen LogP contribution >= 0.6 is 46.7 Å². The normalized spacial score (nSPS) is 11.9. The fourth-order valence-electron chi connectivity index (χ4n) is 2.54. The van der Waals surface area contributed by atoms with Gasteiger partial charge in [0.05, 0.1) is 16.4 Å². The van der Waals surface area contributed by atoms with Crippen LogP contribution in [0.15, 0.2) is 66.1 Å². The van der Waals surface area contributed by atoms with Gasteiger partial charge in [-0.25, -0.2) is 4.98 Å². The van der Waals surface area contributed by atoms with Crippen molar-refractivity contribution in [1.82, 2.24) is 9.55 Å². The van der Waals surface area contributed by atoms with Gasteiger partial charge in [-0.15, -0.1) is 11.8 Å². The van der Waals surface area contributed by atoms with Crippen molar-refractivity contribution in [3.63, 3.8) is 0 Å². The van der Waals surface area contributed by atoms with Gasteiger partial charge >= 0.3 is 0 Å². The first-order chi connectivity index (χ1) is 12.7. The summed E-state index contributed by atoms with van der Waals surface area (Å²) in [6.07, 6.45) is 5.54. The Morgan fingerprint density at radius 1 is 1.15 bits per heavy atom. The van der Waals surface area contributed by atoms with Crippen molar-refractivity contribution in [2.75, 3.05) is 0 Å². The molecule has 3 aromatic rings. The second-order valence-electron chi connectivity index (χ2n) is 5.54. The van der Waals surface area contributed by atoms with Crippen molar-refractivity contribution in [1.29, 1.82) is 5.26 Å². The maximum absolute atomic E-state index is 9.11. The summed E-state index contributed by atoms with van der Waals surface area (Å²) in [6.45, 7) is 0.773. The van der Waals surface area contributed by atoms with Crippen LogP contribution in [-0.4, -0.2) is 9.55 Å². The molecule has 0 aliphatic rings. The fraction of sp³-hybridized carbons (Fsp3) is 0.158. The van der Waals surface area contributed by atoms with Gasteiger partial charge in [-0.05, 0) is 41.1 Å². The Labute approximate surface area is 171 Å². The number of benzene rings is 2. The molecule has 3 rings (SSSR count). The second-order valence-corrected chi connectivity index (χ2v) is 8.37. The predicted molar refractivity (Wildman–Crippen MR) is 111 cm³/mol. The van der Waals surface area contributed by atoms with Gasteiger partial charge in [-0.1, -0.05) is 47.5 Å². The van der Waals surface area contributed by atoms with Gasteiger partial charge in [-0.2, -0.15) is 5.26 Å². The monoisotopic (exact) mass is 419 g/mol. The number of hydrogen-bond acceptors (Lipinski definition) is 4. The molecule has 0 amide bonds. The van der Waals surface area contributed by atoms with Crippen LogP contribution in [0.4, 0.5) is 0 Å². The SMILES string of the molecule is N#CSc1ccccc1C(Cn1ccnc1)SCc1ccc(Cl)c(Cl)c1. The number of nitrogens with zero attached hydrogens (tertiary/aromatic N) is 3. The van der Waals surface area contributed by atoms with E-state index in [2.05, 4.69) is 21.0 Å². The summed E-state index contributed by atoms with van der Waals surface area (Å²) in [5, 5.41) is 12.6. The zero-order valence-corrected chi connectivity index (χ0v) is 16.8. The van der Waals surface area contributed by atoms with E-state index >= 15 is 0 Å². The molecule has 1 heterocycles. The lowest BCUT2D eigenvalue weighted by molar-refractivity contribution is 0.677. The van der Waals surface area contributed by atoms with Crippen LogP contribution in [-0.2, 0) is 12.3 Å². The number of thioether (sulfide) groups is 2. The first kappa shape index (κ1) is 19.2. The maximum Gasteiger partial charge on any atom is 0.138 e. The van der Waals surface area contributed by atoms with E-state index in [9.17, 15) is 0 Å². The summed E-state index contributed by atoms with van der Waals surface area (Å²) in [6, 6.07) is 13.8. The topological polar surface area (TPSA) is 41.6 Å². The summed E-state index contributed by atoms with van der Waals surface area (Å²) >= 11 is 15.1. The highest BCUT2D eigenvalue weighted by Crippen LogP contribution is 2.38. The number of halogens is 2. The number of imidazole rings is 1. The first-order valence-electron chi connectivity index (χ1n) is 7.83. The van der Waals surface area contributed by atoms with Crippen molar-refractivity contribution < 1.29 is 0 Å². The quantitative estimate of drug-likeness (QED) is 0.326. The molecule has 0 bridgehead atoms. The Morgan fingerprint density at radius 3 is 2.73 bits per heavy atom. The van der Waals surface area contributed by atoms with Gasteiger partial charge < -0.3 is 4.57 Å². The Bertz CT molecular complexity index is 907. The average molecular weight is 420 g/mol. The lowest BCUT2D eigenvalue weighted by Crippen LogP contribution is -2.06. The van der Waals surface area contributed by atoms with E-state index in [-0.39, 0.29) is 5.25 Å². The van der Waals surface area contributed by atoms with Crippen LogP contribution in [0, 0.1) is 10.7 Å². The third-order valence-corrected chi connectivity index (χ3v) is 6.52. The summed E-state index contributed by atoms with van der Waals surface area (Å²) in [4.78, 5) is 5.12. The van der Waals surface area contributed by atoms with E-state index in [0.29, 0.717) is 10.0 Å². The largest absolute Gasteiger partial charge is 0.336 e. The van der Waals surface area contributed by atoms with E-state index in [1.165, 1.54) is 11.8 Å². The molecule has 0 spiro atoms. The molecule has 1 aromatic heterocycles. The summed E-state index contributed by atoms with van der Waals surface area (Å²) in [5.41, 5.74) is 2.27. The second kappa shape index (κ2) is 9.38. The third kappa shape index (κ3) is 4.99. The Balaban J connectivity index is 1.84. The van der Waals surface area contributed by atoms with Gasteiger partial charge in [0.2, 0.25) is 0 Å². The minimum absolute atomic E-state index is 0.177. The average Bonchev–Trinajstić information content (AvgIpc) is 3.15. The number of rotatable bonds is 7. The Hall–Kier alpha value is -1.58. The molecular formula is C19H15Cl2N3S2. The third-order valence-electron chi connectivity index (χ3n) is 3.79. The number of aromatic nitrogens is 2. The molecule has 1 atom stereocenters. The molecule has 3 nitrogen and oxygen atoms in total. The molecule has 0 fully saturated rings. The van der Waals surface area contributed by atoms with Crippen molar-refractivity contribution in [2.45, 2.75) is 22.4 Å². The summed E-state index contributed by atoms with van der Waals surface area (Å²) in [5.74, 6) is 0.793. The maximum atomic E-state index is 9.11. The zero-order valence-electron chi connectivity index (χ0n) is 13.7. The lowest BCUT2D eigenvalue weighted by Gasteiger charge is -2.20. The van der Waals surface area contributed by atoms with E-state index < -0.39 is 0 Å². The number of hydrogen-bond donors (Lipinski definition) is 0. The van der Waals surface area contributed by atoms with Crippen LogP contribution in [0.1, 0.15) is 16.4 Å². The van der Waals surface area contributed by atoms with Crippen molar-refractivity contribution >= 4 is 46.7 Å². The summed E-state index contributed by atoms with van der Waals surface area (Å²) in [7, 11) is 0. The molecule has 0 radical (unpaired) electrons. The molecule has 0 aliphatic carbocycles. The highest BCUT2D eigenvalue weighted by molar-refractivity contribution is 8.04. The summed E-state index contributed by atoms with van der Waals surface area (Å²) < 4.78 is 2.06. The minimum Gasteiger partial charge on any atom is -0.336 e. The highest BCUT2D eigenvalue weighted by atomic mass is 35.5. The van der Waals surface area contributed by atoms with Gasteiger partial charge in [-0.3, -0.25) is 0 Å².